The highest BCUT2D eigenvalue weighted by molar-refractivity contribution is 5.86. The molecule has 1 aromatic carbocycles. The second-order valence-corrected chi connectivity index (χ2v) is 8.75. The molecule has 0 bridgehead atoms. The molecule has 7 nitrogen and oxygen atoms in total. The van der Waals surface area contributed by atoms with E-state index in [9.17, 15) is 19.5 Å². The van der Waals surface area contributed by atoms with Crippen molar-refractivity contribution in [1.29, 1.82) is 0 Å². The molecule has 0 saturated carbocycles. The molecule has 2 rings (SSSR count). The van der Waals surface area contributed by atoms with Crippen molar-refractivity contribution in [3.05, 3.63) is 61.2 Å². The number of nitrogens with one attached hydrogen (secondary N) is 1. The first-order valence-corrected chi connectivity index (χ1v) is 12.1. The summed E-state index contributed by atoms with van der Waals surface area (Å²) in [6.07, 6.45) is 7.71. The molecular formula is C27H38N2O5. The molecule has 1 aliphatic rings. The molecule has 3 atom stereocenters. The summed E-state index contributed by atoms with van der Waals surface area (Å²) in [6.45, 7) is 7.96. The summed E-state index contributed by atoms with van der Waals surface area (Å²) in [4.78, 5) is 39.7. The normalized spacial score (nSPS) is 17.0. The van der Waals surface area contributed by atoms with Crippen molar-refractivity contribution in [2.75, 3.05) is 19.8 Å². The number of hydrogen-bond donors (Lipinski definition) is 2. The van der Waals surface area contributed by atoms with E-state index in [1.165, 1.54) is 0 Å². The summed E-state index contributed by atoms with van der Waals surface area (Å²) in [5.41, 5.74) is 1.01. The van der Waals surface area contributed by atoms with Crippen LogP contribution in [-0.2, 0) is 25.5 Å². The molecule has 1 heterocycles. The molecule has 34 heavy (non-hydrogen) atoms. The van der Waals surface area contributed by atoms with Crippen LogP contribution in [0.5, 0.6) is 0 Å². The fraction of sp³-hybridized carbons (Fsp3) is 0.519. The molecule has 1 aliphatic heterocycles. The summed E-state index contributed by atoms with van der Waals surface area (Å²) in [5.74, 6) is -1.21. The minimum Gasteiger partial charge on any atom is -0.463 e. The first-order chi connectivity index (χ1) is 16.5. The largest absolute Gasteiger partial charge is 0.463 e. The van der Waals surface area contributed by atoms with Gasteiger partial charge < -0.3 is 20.1 Å². The van der Waals surface area contributed by atoms with Crippen LogP contribution in [0.1, 0.15) is 50.5 Å². The van der Waals surface area contributed by atoms with Gasteiger partial charge in [0.2, 0.25) is 11.8 Å². The second kappa shape index (κ2) is 15.1. The number of benzene rings is 1. The van der Waals surface area contributed by atoms with E-state index in [-0.39, 0.29) is 43.5 Å². The lowest BCUT2D eigenvalue weighted by atomic mass is 9.98. The zero-order chi connectivity index (χ0) is 24.8. The number of rotatable bonds is 15. The number of aliphatic hydroxyl groups excluding tert-OH is 1. The van der Waals surface area contributed by atoms with Gasteiger partial charge in [0.05, 0.1) is 24.6 Å². The maximum Gasteiger partial charge on any atom is 0.305 e. The van der Waals surface area contributed by atoms with Gasteiger partial charge in [0, 0.05) is 19.4 Å². The molecule has 0 spiro atoms. The third-order valence-electron chi connectivity index (χ3n) is 6.03. The lowest BCUT2D eigenvalue weighted by Gasteiger charge is -2.28. The van der Waals surface area contributed by atoms with Gasteiger partial charge in [-0.25, -0.2) is 0 Å². The zero-order valence-electron chi connectivity index (χ0n) is 20.0. The minimum absolute atomic E-state index is 0.0146. The number of likely N-dealkylation sites (tertiary alicyclic amines) is 1. The summed E-state index contributed by atoms with van der Waals surface area (Å²) < 4.78 is 5.40. The molecular weight excluding hydrogens is 432 g/mol. The average molecular weight is 471 g/mol. The van der Waals surface area contributed by atoms with Crippen LogP contribution in [0.2, 0.25) is 0 Å². The molecule has 186 valence electrons. The molecule has 3 unspecified atom stereocenters. The van der Waals surface area contributed by atoms with Crippen LogP contribution >= 0.6 is 0 Å². The van der Waals surface area contributed by atoms with Gasteiger partial charge in [0.25, 0.3) is 0 Å². The third-order valence-corrected chi connectivity index (χ3v) is 6.03. The van der Waals surface area contributed by atoms with Crippen molar-refractivity contribution >= 4 is 17.8 Å². The number of unbranched alkanes of at least 4 members (excludes halogenated alkanes) is 1. The summed E-state index contributed by atoms with van der Waals surface area (Å²) >= 11 is 0. The fourth-order valence-electron chi connectivity index (χ4n) is 4.23. The lowest BCUT2D eigenvalue weighted by molar-refractivity contribution is -0.148. The van der Waals surface area contributed by atoms with Gasteiger partial charge in [-0.05, 0) is 44.1 Å². The Morgan fingerprint density at radius 3 is 2.65 bits per heavy atom. The minimum atomic E-state index is -0.544. The Bertz CT molecular complexity index is 810. The van der Waals surface area contributed by atoms with E-state index in [1.807, 2.05) is 30.3 Å². The molecule has 1 saturated heterocycles. The van der Waals surface area contributed by atoms with Crippen molar-refractivity contribution in [2.24, 2.45) is 5.92 Å². The van der Waals surface area contributed by atoms with Crippen molar-refractivity contribution in [2.45, 2.75) is 63.5 Å². The van der Waals surface area contributed by atoms with E-state index in [4.69, 9.17) is 4.74 Å². The maximum atomic E-state index is 13.3. The molecule has 7 heteroatoms. The van der Waals surface area contributed by atoms with Gasteiger partial charge in [-0.1, -0.05) is 42.5 Å². The standard InChI is InChI=1S/C27H38N2O5/c1-3-5-7-15-26(32)34-20-24-14-10-16-29(24)27(33)22(11-4-2)18-25(31)28-23(19-30)17-21-12-8-6-9-13-21/h3-4,6,8-9,12-13,22-24,30H,1-2,5,7,10-11,14-20H2,(H,28,31). The number of aliphatic hydroxyl groups is 1. The Morgan fingerprint density at radius 1 is 1.21 bits per heavy atom. The first kappa shape index (κ1) is 27.3. The van der Waals surface area contributed by atoms with Crippen LogP contribution in [-0.4, -0.2) is 59.6 Å². The maximum absolute atomic E-state index is 13.3. The van der Waals surface area contributed by atoms with E-state index in [0.29, 0.717) is 32.2 Å². The van der Waals surface area contributed by atoms with Crippen LogP contribution in [0, 0.1) is 5.92 Å². The van der Waals surface area contributed by atoms with Crippen LogP contribution in [0.25, 0.3) is 0 Å². The Kier molecular flexibility index (Phi) is 12.1. The number of carbonyl (C=O) groups excluding carboxylic acids is 3. The second-order valence-electron chi connectivity index (χ2n) is 8.75. The topological polar surface area (TPSA) is 95.9 Å². The molecule has 1 fully saturated rings. The van der Waals surface area contributed by atoms with Gasteiger partial charge in [0.15, 0.2) is 0 Å². The molecule has 0 aliphatic carbocycles. The summed E-state index contributed by atoms with van der Waals surface area (Å²) in [5, 5.41) is 12.6. The van der Waals surface area contributed by atoms with Crippen LogP contribution in [0.3, 0.4) is 0 Å². The number of carbonyl (C=O) groups is 3. The van der Waals surface area contributed by atoms with Crippen LogP contribution in [0.15, 0.2) is 55.6 Å². The Morgan fingerprint density at radius 2 is 1.97 bits per heavy atom. The number of amides is 2. The predicted octanol–water partition coefficient (Wildman–Crippen LogP) is 3.18. The average Bonchev–Trinajstić information content (AvgIpc) is 3.31. The molecule has 2 N–H and O–H groups in total. The number of hydrogen-bond acceptors (Lipinski definition) is 5. The monoisotopic (exact) mass is 470 g/mol. The smallest absolute Gasteiger partial charge is 0.305 e. The van der Waals surface area contributed by atoms with E-state index >= 15 is 0 Å². The van der Waals surface area contributed by atoms with Gasteiger partial charge in [0.1, 0.15) is 6.61 Å². The number of esters is 1. The number of allylic oxidation sites excluding steroid dienone is 2. The van der Waals surface area contributed by atoms with Gasteiger partial charge in [-0.3, -0.25) is 14.4 Å². The molecule has 0 radical (unpaired) electrons. The zero-order valence-corrected chi connectivity index (χ0v) is 20.0. The Balaban J connectivity index is 1.91. The van der Waals surface area contributed by atoms with Crippen molar-refractivity contribution in [1.82, 2.24) is 10.2 Å². The van der Waals surface area contributed by atoms with E-state index in [2.05, 4.69) is 18.5 Å². The Labute approximate surface area is 202 Å². The lowest BCUT2D eigenvalue weighted by Crippen LogP contribution is -2.45. The molecule has 0 aromatic heterocycles. The fourth-order valence-corrected chi connectivity index (χ4v) is 4.23. The van der Waals surface area contributed by atoms with E-state index in [0.717, 1.165) is 24.8 Å². The SMILES string of the molecule is C=CCCCC(=O)OCC1CCCN1C(=O)C(CC=C)CC(=O)NC(CO)Cc1ccccc1. The molecule has 2 amide bonds. The number of ether oxygens (including phenoxy) is 1. The van der Waals surface area contributed by atoms with Gasteiger partial charge in [-0.15, -0.1) is 13.2 Å². The summed E-state index contributed by atoms with van der Waals surface area (Å²) in [7, 11) is 0. The highest BCUT2D eigenvalue weighted by atomic mass is 16.5. The van der Waals surface area contributed by atoms with Gasteiger partial charge in [-0.2, -0.15) is 0 Å². The predicted molar refractivity (Wildman–Crippen MR) is 132 cm³/mol. The van der Waals surface area contributed by atoms with Crippen LogP contribution in [0.4, 0.5) is 0 Å². The summed E-state index contributed by atoms with van der Waals surface area (Å²) in [6, 6.07) is 9.03. The van der Waals surface area contributed by atoms with E-state index in [1.54, 1.807) is 17.1 Å². The van der Waals surface area contributed by atoms with Crippen molar-refractivity contribution < 1.29 is 24.2 Å². The first-order valence-electron chi connectivity index (χ1n) is 12.1. The van der Waals surface area contributed by atoms with E-state index < -0.39 is 12.0 Å². The third kappa shape index (κ3) is 9.14. The molecule has 1 aromatic rings. The van der Waals surface area contributed by atoms with Crippen molar-refractivity contribution in [3.63, 3.8) is 0 Å². The van der Waals surface area contributed by atoms with Gasteiger partial charge >= 0.3 is 5.97 Å². The highest BCUT2D eigenvalue weighted by Crippen LogP contribution is 2.23. The van der Waals surface area contributed by atoms with Crippen LogP contribution < -0.4 is 5.32 Å². The van der Waals surface area contributed by atoms with Crippen molar-refractivity contribution in [3.8, 4) is 0 Å². The highest BCUT2D eigenvalue weighted by Gasteiger charge is 2.34. The quantitative estimate of drug-likeness (QED) is 0.233. The number of nitrogens with zero attached hydrogens (tertiary/aromatic N) is 1. The Hall–Kier alpha value is -2.93.